The van der Waals surface area contributed by atoms with Crippen molar-refractivity contribution in [2.75, 3.05) is 5.32 Å². The van der Waals surface area contributed by atoms with Crippen molar-refractivity contribution in [3.63, 3.8) is 0 Å². The molecule has 0 aliphatic carbocycles. The second-order valence-corrected chi connectivity index (χ2v) is 6.60. The highest BCUT2D eigenvalue weighted by Crippen LogP contribution is 2.23. The Morgan fingerprint density at radius 1 is 1.20 bits per heavy atom. The van der Waals surface area contributed by atoms with Crippen LogP contribution >= 0.6 is 0 Å². The third kappa shape index (κ3) is 3.68. The quantitative estimate of drug-likeness (QED) is 0.447. The smallest absolute Gasteiger partial charge is 0.335 e. The summed E-state index contributed by atoms with van der Waals surface area (Å²) in [7, 11) is 0. The molecular formula is C23H19N5O2. The number of carbonyl (C=O) groups is 1. The number of benzene rings is 1. The van der Waals surface area contributed by atoms with Gasteiger partial charge in [0.15, 0.2) is 5.82 Å². The van der Waals surface area contributed by atoms with Crippen molar-refractivity contribution >= 4 is 40.5 Å². The largest absolute Gasteiger partial charge is 0.478 e. The van der Waals surface area contributed by atoms with Gasteiger partial charge in [-0.05, 0) is 24.6 Å². The number of nitrogens with one attached hydrogen (secondary N) is 2. The van der Waals surface area contributed by atoms with Gasteiger partial charge in [0.2, 0.25) is 0 Å². The van der Waals surface area contributed by atoms with Crippen LogP contribution in [0.3, 0.4) is 0 Å². The van der Waals surface area contributed by atoms with Crippen molar-refractivity contribution in [3.05, 3.63) is 77.6 Å². The minimum absolute atomic E-state index is 0.0501. The molecule has 7 heteroatoms. The first kappa shape index (κ1) is 19.1. The van der Waals surface area contributed by atoms with Gasteiger partial charge in [0.05, 0.1) is 16.6 Å². The summed E-state index contributed by atoms with van der Waals surface area (Å²) < 4.78 is 0. The molecule has 0 aliphatic rings. The molecule has 3 heterocycles. The number of aromatic amines is 1. The Morgan fingerprint density at radius 3 is 2.73 bits per heavy atom. The van der Waals surface area contributed by atoms with Crippen molar-refractivity contribution in [1.29, 1.82) is 0 Å². The minimum Gasteiger partial charge on any atom is -0.478 e. The summed E-state index contributed by atoms with van der Waals surface area (Å²) in [5.41, 5.74) is 1.84. The average molecular weight is 397 g/mol. The summed E-state index contributed by atoms with van der Waals surface area (Å²) in [5.74, 6) is 0.0451. The van der Waals surface area contributed by atoms with Gasteiger partial charge in [-0.15, -0.1) is 0 Å². The van der Waals surface area contributed by atoms with Gasteiger partial charge in [-0.2, -0.15) is 5.10 Å². The number of fused-ring (bicyclic) bond motifs is 1. The molecule has 0 aliphatic heterocycles. The number of aromatic nitrogens is 4. The molecule has 1 aromatic carbocycles. The van der Waals surface area contributed by atoms with E-state index in [9.17, 15) is 9.90 Å². The molecule has 4 rings (SSSR count). The number of H-pyrrole nitrogens is 1. The molecule has 0 spiro atoms. The van der Waals surface area contributed by atoms with Crippen LogP contribution in [0.4, 0.5) is 11.6 Å². The second-order valence-electron chi connectivity index (χ2n) is 6.60. The summed E-state index contributed by atoms with van der Waals surface area (Å²) in [6.45, 7) is 5.47. The van der Waals surface area contributed by atoms with E-state index < -0.39 is 5.97 Å². The topological polar surface area (TPSA) is 104 Å². The number of hydrogen-bond donors (Lipinski definition) is 3. The zero-order valence-electron chi connectivity index (χ0n) is 16.3. The monoisotopic (exact) mass is 397 g/mol. The highest BCUT2D eigenvalue weighted by atomic mass is 16.4. The third-order valence-corrected chi connectivity index (χ3v) is 4.66. The van der Waals surface area contributed by atoms with E-state index in [4.69, 9.17) is 0 Å². The van der Waals surface area contributed by atoms with Crippen molar-refractivity contribution in [2.24, 2.45) is 0 Å². The van der Waals surface area contributed by atoms with Crippen LogP contribution in [0, 0.1) is 0 Å². The number of pyridine rings is 2. The number of aliphatic carboxylic acids is 1. The maximum atomic E-state index is 11.3. The third-order valence-electron chi connectivity index (χ3n) is 4.66. The molecule has 148 valence electrons. The van der Waals surface area contributed by atoms with Crippen molar-refractivity contribution < 1.29 is 9.90 Å². The Balaban J connectivity index is 1.84. The number of hydrogen-bond acceptors (Lipinski definition) is 5. The first-order valence-electron chi connectivity index (χ1n) is 9.28. The predicted octanol–water partition coefficient (Wildman–Crippen LogP) is 2.99. The summed E-state index contributed by atoms with van der Waals surface area (Å²) in [6, 6.07) is 13.6. The predicted molar refractivity (Wildman–Crippen MR) is 117 cm³/mol. The zero-order valence-corrected chi connectivity index (χ0v) is 16.3. The van der Waals surface area contributed by atoms with Crippen LogP contribution in [0.5, 0.6) is 0 Å². The van der Waals surface area contributed by atoms with Gasteiger partial charge < -0.3 is 10.4 Å². The zero-order chi connectivity index (χ0) is 21.1. The number of nitrogens with zero attached hydrogens (tertiary/aromatic N) is 3. The van der Waals surface area contributed by atoms with Gasteiger partial charge in [0, 0.05) is 34.5 Å². The Bertz CT molecular complexity index is 1370. The van der Waals surface area contributed by atoms with Gasteiger partial charge >= 0.3 is 5.97 Å². The Kier molecular flexibility index (Phi) is 5.09. The number of rotatable bonds is 5. The Morgan fingerprint density at radius 2 is 2.00 bits per heavy atom. The van der Waals surface area contributed by atoms with Crippen LogP contribution < -0.4 is 15.9 Å². The van der Waals surface area contributed by atoms with Gasteiger partial charge in [0.25, 0.3) is 0 Å². The van der Waals surface area contributed by atoms with E-state index in [1.54, 1.807) is 12.4 Å². The maximum absolute atomic E-state index is 11.3. The van der Waals surface area contributed by atoms with E-state index >= 15 is 0 Å². The van der Waals surface area contributed by atoms with Crippen molar-refractivity contribution in [3.8, 4) is 11.3 Å². The molecule has 3 N–H and O–H groups in total. The van der Waals surface area contributed by atoms with Crippen LogP contribution in [0.15, 0.2) is 67.0 Å². The lowest BCUT2D eigenvalue weighted by Crippen LogP contribution is -2.30. The molecule has 0 amide bonds. The van der Waals surface area contributed by atoms with Crippen molar-refractivity contribution in [2.45, 2.75) is 6.92 Å². The molecule has 3 aromatic heterocycles. The first-order valence-corrected chi connectivity index (χ1v) is 9.28. The van der Waals surface area contributed by atoms with Crippen LogP contribution in [0.25, 0.3) is 34.2 Å². The van der Waals surface area contributed by atoms with Crippen LogP contribution in [-0.4, -0.2) is 31.2 Å². The second kappa shape index (κ2) is 8.00. The van der Waals surface area contributed by atoms with Gasteiger partial charge in [-0.25, -0.2) is 9.78 Å². The van der Waals surface area contributed by atoms with Crippen LogP contribution in [0.1, 0.15) is 6.92 Å². The summed E-state index contributed by atoms with van der Waals surface area (Å²) >= 11 is 0. The Labute approximate surface area is 172 Å². The lowest BCUT2D eigenvalue weighted by molar-refractivity contribution is -0.132. The SMILES string of the molecule is C=C(/C=c1/nc(Nc2cc(-c3ccccc3)[nH]n2)c2ccncc2/c1=C/C)C(=O)O. The number of carboxylic acids is 1. The average Bonchev–Trinajstić information content (AvgIpc) is 3.23. The number of anilines is 2. The first-order chi connectivity index (χ1) is 14.6. The minimum atomic E-state index is -1.10. The molecule has 7 nitrogen and oxygen atoms in total. The van der Waals surface area contributed by atoms with Crippen molar-refractivity contribution in [1.82, 2.24) is 20.2 Å². The highest BCUT2D eigenvalue weighted by molar-refractivity contribution is 5.97. The van der Waals surface area contributed by atoms with Crippen LogP contribution in [0.2, 0.25) is 0 Å². The van der Waals surface area contributed by atoms with Gasteiger partial charge in [-0.1, -0.05) is 43.0 Å². The fourth-order valence-corrected chi connectivity index (χ4v) is 3.20. The lowest BCUT2D eigenvalue weighted by atomic mass is 10.1. The fraction of sp³-hybridized carbons (Fsp3) is 0.0435. The van der Waals surface area contributed by atoms with Crippen LogP contribution in [-0.2, 0) is 4.79 Å². The summed E-state index contributed by atoms with van der Waals surface area (Å²) in [5, 5.41) is 22.8. The molecule has 0 saturated heterocycles. The molecule has 4 aromatic rings. The molecular weight excluding hydrogens is 378 g/mol. The van der Waals surface area contributed by atoms with E-state index in [1.807, 2.05) is 55.5 Å². The summed E-state index contributed by atoms with van der Waals surface area (Å²) in [6.07, 6.45) is 6.76. The maximum Gasteiger partial charge on any atom is 0.335 e. The van der Waals surface area contributed by atoms with E-state index in [0.717, 1.165) is 27.2 Å². The Hall–Kier alpha value is -4.26. The molecule has 0 unspecified atom stereocenters. The molecule has 0 bridgehead atoms. The molecule has 30 heavy (non-hydrogen) atoms. The summed E-state index contributed by atoms with van der Waals surface area (Å²) in [4.78, 5) is 20.2. The van der Waals surface area contributed by atoms with E-state index in [2.05, 4.69) is 32.1 Å². The molecule has 0 fully saturated rings. The number of carboxylic acid groups (broad SMARTS) is 1. The molecule has 0 radical (unpaired) electrons. The molecule has 0 atom stereocenters. The standard InChI is InChI=1S/C23H19N5O2/c1-3-16-18-13-24-10-9-17(18)22(25-20(16)11-14(2)23(29)30)26-21-12-19(27-28-21)15-7-5-4-6-8-15/h3-13H,2H2,1H3,(H,29,30)(H2,25,26,27,28)/b16-3-,20-11+. The highest BCUT2D eigenvalue weighted by Gasteiger charge is 2.10. The van der Waals surface area contributed by atoms with E-state index in [1.165, 1.54) is 6.08 Å². The van der Waals surface area contributed by atoms with E-state index in [0.29, 0.717) is 17.0 Å². The molecule has 0 saturated carbocycles. The normalized spacial score (nSPS) is 12.3. The van der Waals surface area contributed by atoms with Gasteiger partial charge in [0.1, 0.15) is 5.82 Å². The lowest BCUT2D eigenvalue weighted by Gasteiger charge is -2.08. The van der Waals surface area contributed by atoms with E-state index in [-0.39, 0.29) is 5.57 Å². The fourth-order valence-electron chi connectivity index (χ4n) is 3.20. The van der Waals surface area contributed by atoms with Gasteiger partial charge in [-0.3, -0.25) is 10.1 Å².